The third kappa shape index (κ3) is 4.93. The molecule has 3 aromatic rings. The Morgan fingerprint density at radius 1 is 0.938 bits per heavy atom. The van der Waals surface area contributed by atoms with E-state index in [0.29, 0.717) is 44.3 Å². The maximum Gasteiger partial charge on any atom is 0.298 e. The maximum atomic E-state index is 12.8. The zero-order valence-electron chi connectivity index (χ0n) is 16.9. The predicted molar refractivity (Wildman–Crippen MR) is 129 cm³/mol. The Labute approximate surface area is 199 Å². The van der Waals surface area contributed by atoms with Crippen LogP contribution in [-0.4, -0.2) is 18.3 Å². The van der Waals surface area contributed by atoms with E-state index < -0.39 is 5.91 Å². The zero-order chi connectivity index (χ0) is 22.7. The van der Waals surface area contributed by atoms with Crippen LogP contribution in [0.5, 0.6) is 11.5 Å². The van der Waals surface area contributed by atoms with Crippen LogP contribution in [-0.2, 0) is 11.4 Å². The number of imide groups is 1. The van der Waals surface area contributed by atoms with E-state index in [1.54, 1.807) is 67.8 Å². The summed E-state index contributed by atoms with van der Waals surface area (Å²) in [5, 5.41) is 0.735. The highest BCUT2D eigenvalue weighted by Crippen LogP contribution is 2.37. The summed E-state index contributed by atoms with van der Waals surface area (Å²) in [6.45, 7) is 0.353. The third-order valence-electron chi connectivity index (χ3n) is 4.65. The van der Waals surface area contributed by atoms with Crippen molar-refractivity contribution in [1.29, 1.82) is 0 Å². The van der Waals surface area contributed by atoms with E-state index in [-0.39, 0.29) is 5.24 Å². The number of carbonyl (C=O) groups is 2. The molecule has 0 unspecified atom stereocenters. The molecule has 0 aliphatic carbocycles. The summed E-state index contributed by atoms with van der Waals surface area (Å²) in [7, 11) is 1.54. The van der Waals surface area contributed by atoms with E-state index >= 15 is 0 Å². The molecule has 0 bridgehead atoms. The van der Waals surface area contributed by atoms with Crippen LogP contribution in [0.1, 0.15) is 11.1 Å². The highest BCUT2D eigenvalue weighted by atomic mass is 35.5. The standard InChI is InChI=1S/C24H17Cl2NO4S/c1-30-21-11-16(7-10-20(21)31-14-15-5-8-17(25)9-6-15)12-22-23(28)27(24(29)32-22)19-4-2-3-18(26)13-19/h2-13H,14H2,1H3. The first-order valence-electron chi connectivity index (χ1n) is 9.53. The Kier molecular flexibility index (Phi) is 6.74. The number of rotatable bonds is 6. The van der Waals surface area contributed by atoms with Crippen LogP contribution in [0.25, 0.3) is 6.08 Å². The fourth-order valence-electron chi connectivity index (χ4n) is 3.09. The number of ether oxygens (including phenoxy) is 2. The molecular formula is C24H17Cl2NO4S. The van der Waals surface area contributed by atoms with Crippen LogP contribution in [0.2, 0.25) is 10.0 Å². The van der Waals surface area contributed by atoms with Crippen molar-refractivity contribution in [2.24, 2.45) is 0 Å². The number of thioether (sulfide) groups is 1. The topological polar surface area (TPSA) is 55.8 Å². The van der Waals surface area contributed by atoms with Gasteiger partial charge in [-0.1, -0.05) is 47.5 Å². The smallest absolute Gasteiger partial charge is 0.298 e. The number of carbonyl (C=O) groups excluding carboxylic acids is 2. The molecule has 0 N–H and O–H groups in total. The van der Waals surface area contributed by atoms with Gasteiger partial charge in [0.1, 0.15) is 6.61 Å². The van der Waals surface area contributed by atoms with E-state index in [0.717, 1.165) is 22.2 Å². The molecule has 1 aliphatic rings. The number of anilines is 1. The molecule has 2 amide bonds. The number of benzene rings is 3. The number of amides is 2. The summed E-state index contributed by atoms with van der Waals surface area (Å²) in [6.07, 6.45) is 1.65. The fourth-order valence-corrected chi connectivity index (χ4v) is 4.24. The second kappa shape index (κ2) is 9.69. The summed E-state index contributed by atoms with van der Waals surface area (Å²) in [4.78, 5) is 26.7. The van der Waals surface area contributed by atoms with Crippen molar-refractivity contribution in [2.75, 3.05) is 12.0 Å². The molecule has 1 aliphatic heterocycles. The van der Waals surface area contributed by atoms with Gasteiger partial charge >= 0.3 is 0 Å². The minimum atomic E-state index is -0.399. The molecule has 0 radical (unpaired) electrons. The fraction of sp³-hybridized carbons (Fsp3) is 0.0833. The van der Waals surface area contributed by atoms with Crippen LogP contribution < -0.4 is 14.4 Å². The molecule has 3 aromatic carbocycles. The zero-order valence-corrected chi connectivity index (χ0v) is 19.2. The predicted octanol–water partition coefficient (Wildman–Crippen LogP) is 6.82. The van der Waals surface area contributed by atoms with Crippen molar-refractivity contribution in [3.05, 3.63) is 92.8 Å². The SMILES string of the molecule is COc1cc(C=C2SC(=O)N(c3cccc(Cl)c3)C2=O)ccc1OCc1ccc(Cl)cc1. The Morgan fingerprint density at radius 2 is 1.72 bits per heavy atom. The minimum absolute atomic E-state index is 0.312. The van der Waals surface area contributed by atoms with Crippen molar-refractivity contribution in [2.45, 2.75) is 6.61 Å². The maximum absolute atomic E-state index is 12.8. The average molecular weight is 486 g/mol. The van der Waals surface area contributed by atoms with Gasteiger partial charge in [0, 0.05) is 10.0 Å². The second-order valence-electron chi connectivity index (χ2n) is 6.82. The quantitative estimate of drug-likeness (QED) is 0.358. The van der Waals surface area contributed by atoms with Gasteiger partial charge in [0.25, 0.3) is 11.1 Å². The minimum Gasteiger partial charge on any atom is -0.493 e. The Balaban J connectivity index is 1.53. The monoisotopic (exact) mass is 485 g/mol. The number of hydrogen-bond donors (Lipinski definition) is 0. The molecule has 1 fully saturated rings. The van der Waals surface area contributed by atoms with E-state index in [2.05, 4.69) is 0 Å². The Hall–Kier alpha value is -2.93. The lowest BCUT2D eigenvalue weighted by atomic mass is 10.1. The van der Waals surface area contributed by atoms with Gasteiger partial charge in [0.2, 0.25) is 0 Å². The first-order chi connectivity index (χ1) is 15.4. The summed E-state index contributed by atoms with van der Waals surface area (Å²) < 4.78 is 11.3. The second-order valence-corrected chi connectivity index (χ2v) is 8.69. The molecule has 32 heavy (non-hydrogen) atoms. The van der Waals surface area contributed by atoms with Gasteiger partial charge in [0.15, 0.2) is 11.5 Å². The van der Waals surface area contributed by atoms with Crippen molar-refractivity contribution in [3.63, 3.8) is 0 Å². The molecule has 0 spiro atoms. The number of methoxy groups -OCH3 is 1. The molecule has 1 heterocycles. The summed E-state index contributed by atoms with van der Waals surface area (Å²) >= 11 is 12.8. The van der Waals surface area contributed by atoms with Crippen molar-refractivity contribution in [1.82, 2.24) is 0 Å². The van der Waals surface area contributed by atoms with E-state index in [9.17, 15) is 9.59 Å². The van der Waals surface area contributed by atoms with Crippen LogP contribution >= 0.6 is 35.0 Å². The van der Waals surface area contributed by atoms with Crippen LogP contribution in [0.15, 0.2) is 71.6 Å². The van der Waals surface area contributed by atoms with Gasteiger partial charge < -0.3 is 9.47 Å². The summed E-state index contributed by atoms with van der Waals surface area (Å²) in [5.74, 6) is 0.678. The molecule has 0 atom stereocenters. The van der Waals surface area contributed by atoms with Gasteiger partial charge in [-0.2, -0.15) is 0 Å². The Morgan fingerprint density at radius 3 is 2.44 bits per heavy atom. The normalized spacial score (nSPS) is 14.8. The molecule has 5 nitrogen and oxygen atoms in total. The van der Waals surface area contributed by atoms with Crippen molar-refractivity contribution < 1.29 is 19.1 Å². The highest BCUT2D eigenvalue weighted by Gasteiger charge is 2.36. The first-order valence-corrected chi connectivity index (χ1v) is 11.1. The van der Waals surface area contributed by atoms with Crippen molar-refractivity contribution in [3.8, 4) is 11.5 Å². The summed E-state index contributed by atoms with van der Waals surface area (Å²) in [5.41, 5.74) is 2.11. The number of nitrogens with zero attached hydrogens (tertiary/aromatic N) is 1. The highest BCUT2D eigenvalue weighted by molar-refractivity contribution is 8.19. The van der Waals surface area contributed by atoms with Gasteiger partial charge in [-0.3, -0.25) is 9.59 Å². The van der Waals surface area contributed by atoms with E-state index in [4.69, 9.17) is 32.7 Å². The van der Waals surface area contributed by atoms with Gasteiger partial charge in [0.05, 0.1) is 17.7 Å². The molecule has 1 saturated heterocycles. The number of hydrogen-bond acceptors (Lipinski definition) is 5. The van der Waals surface area contributed by atoms with Crippen LogP contribution in [0.4, 0.5) is 10.5 Å². The molecule has 162 valence electrons. The molecular weight excluding hydrogens is 469 g/mol. The summed E-state index contributed by atoms with van der Waals surface area (Å²) in [6, 6.07) is 19.3. The first kappa shape index (κ1) is 22.3. The Bertz CT molecular complexity index is 1210. The van der Waals surface area contributed by atoms with E-state index in [1.165, 1.54) is 0 Å². The molecule has 0 aromatic heterocycles. The van der Waals surface area contributed by atoms with Gasteiger partial charge in [-0.05, 0) is 71.4 Å². The lowest BCUT2D eigenvalue weighted by molar-refractivity contribution is -0.113. The lowest BCUT2D eigenvalue weighted by Crippen LogP contribution is -2.27. The van der Waals surface area contributed by atoms with Crippen LogP contribution in [0.3, 0.4) is 0 Å². The average Bonchev–Trinajstić information content (AvgIpc) is 3.06. The van der Waals surface area contributed by atoms with Crippen molar-refractivity contribution >= 4 is 57.9 Å². The van der Waals surface area contributed by atoms with Gasteiger partial charge in [-0.25, -0.2) is 4.90 Å². The largest absolute Gasteiger partial charge is 0.493 e. The number of halogens is 2. The molecule has 4 rings (SSSR count). The molecule has 8 heteroatoms. The van der Waals surface area contributed by atoms with Crippen LogP contribution in [0, 0.1) is 0 Å². The van der Waals surface area contributed by atoms with Gasteiger partial charge in [-0.15, -0.1) is 0 Å². The third-order valence-corrected chi connectivity index (χ3v) is 6.01. The van der Waals surface area contributed by atoms with E-state index in [1.807, 2.05) is 12.1 Å². The lowest BCUT2D eigenvalue weighted by Gasteiger charge is -2.12. The molecule has 0 saturated carbocycles.